The molecule has 0 aliphatic rings. The lowest BCUT2D eigenvalue weighted by Crippen LogP contribution is -2.25. The molecule has 11 heteroatoms. The van der Waals surface area contributed by atoms with E-state index in [-0.39, 0.29) is 22.0 Å². The van der Waals surface area contributed by atoms with E-state index in [4.69, 9.17) is 10.5 Å². The summed E-state index contributed by atoms with van der Waals surface area (Å²) in [5, 5.41) is 1.68. The van der Waals surface area contributed by atoms with Gasteiger partial charge in [0.05, 0.1) is 20.9 Å². The topological polar surface area (TPSA) is 98.8 Å². The predicted octanol–water partition coefficient (Wildman–Crippen LogP) is 6.30. The summed E-state index contributed by atoms with van der Waals surface area (Å²) in [6.45, 7) is 5.02. The molecule has 196 valence electrons. The van der Waals surface area contributed by atoms with Crippen LogP contribution in [0.5, 0.6) is 5.75 Å². The number of esters is 1. The zero-order chi connectivity index (χ0) is 27.6. The van der Waals surface area contributed by atoms with Gasteiger partial charge in [-0.05, 0) is 73.7 Å². The number of allylic oxidation sites excluding steroid dienone is 2. The van der Waals surface area contributed by atoms with Gasteiger partial charge in [0.1, 0.15) is 11.4 Å². The summed E-state index contributed by atoms with van der Waals surface area (Å²) in [5.41, 5.74) is 4.32. The Morgan fingerprint density at radius 3 is 2.32 bits per heavy atom. The average Bonchev–Trinajstić information content (AvgIpc) is 3.28. The highest BCUT2D eigenvalue weighted by Gasteiger charge is 2.32. The summed E-state index contributed by atoms with van der Waals surface area (Å²) in [4.78, 5) is 17.2. The lowest BCUT2D eigenvalue weighted by Gasteiger charge is -2.17. The minimum absolute atomic E-state index is 0.0801. The standard InChI is InChI=1S/C26H25F3N2O4S2/c1-25(2,3)24(32)35-21-11-6-5-10-19(21)31-20(14-23(30)26(27,28)29)22-13-17(15-36-22)16-8-7-9-18(12-16)37(4,33)34/h5-15H,30H2,1-4H3/b23-14-,31-20?. The number of rotatable bonds is 6. The molecule has 0 amide bonds. The quantitative estimate of drug-likeness (QED) is 0.221. The van der Waals surface area contributed by atoms with Crippen LogP contribution in [0.1, 0.15) is 25.6 Å². The third kappa shape index (κ3) is 7.30. The number of para-hydroxylation sites is 2. The molecule has 3 aromatic rings. The molecule has 0 aliphatic heterocycles. The lowest BCUT2D eigenvalue weighted by atomic mass is 9.97. The number of halogens is 3. The summed E-state index contributed by atoms with van der Waals surface area (Å²) in [7, 11) is -3.45. The molecular weight excluding hydrogens is 525 g/mol. The van der Waals surface area contributed by atoms with Crippen LogP contribution in [-0.2, 0) is 14.6 Å². The molecule has 0 unspecified atom stereocenters. The van der Waals surface area contributed by atoms with E-state index in [9.17, 15) is 26.4 Å². The third-order valence-corrected chi connectivity index (χ3v) is 7.05. The molecule has 0 fully saturated rings. The fraction of sp³-hybridized carbons (Fsp3) is 0.231. The highest BCUT2D eigenvalue weighted by Crippen LogP contribution is 2.33. The molecule has 0 aliphatic carbocycles. The second kappa shape index (κ2) is 10.5. The monoisotopic (exact) mass is 550 g/mol. The lowest BCUT2D eigenvalue weighted by molar-refractivity contribution is -0.142. The van der Waals surface area contributed by atoms with Crippen LogP contribution in [-0.4, -0.2) is 32.5 Å². The highest BCUT2D eigenvalue weighted by molar-refractivity contribution is 7.90. The van der Waals surface area contributed by atoms with E-state index in [2.05, 4.69) is 4.99 Å². The number of nitrogens with zero attached hydrogens (tertiary/aromatic N) is 1. The number of aliphatic imine (C=N–C) groups is 1. The van der Waals surface area contributed by atoms with E-state index in [1.807, 2.05) is 0 Å². The van der Waals surface area contributed by atoms with Crippen LogP contribution in [0.4, 0.5) is 18.9 Å². The van der Waals surface area contributed by atoms with Crippen LogP contribution in [0, 0.1) is 5.41 Å². The fourth-order valence-electron chi connectivity index (χ4n) is 2.93. The SMILES string of the molecule is CC(C)(C)C(=O)Oc1ccccc1N=C(/C=C(\N)C(F)(F)F)c1cc(-c2cccc(S(C)(=O)=O)c2)cs1. The first-order chi connectivity index (χ1) is 17.1. The second-order valence-corrected chi connectivity index (χ2v) is 12.1. The minimum Gasteiger partial charge on any atom is -0.424 e. The first-order valence-electron chi connectivity index (χ1n) is 10.9. The molecule has 0 spiro atoms. The Bertz CT molecular complexity index is 1480. The average molecular weight is 551 g/mol. The molecule has 3 rings (SSSR count). The first-order valence-corrected chi connectivity index (χ1v) is 13.7. The van der Waals surface area contributed by atoms with E-state index in [1.165, 1.54) is 24.3 Å². The van der Waals surface area contributed by atoms with Crippen molar-refractivity contribution >= 4 is 38.5 Å². The maximum absolute atomic E-state index is 13.3. The van der Waals surface area contributed by atoms with Crippen molar-refractivity contribution in [1.29, 1.82) is 0 Å². The molecule has 0 bridgehead atoms. The molecular formula is C26H25F3N2O4S2. The van der Waals surface area contributed by atoms with Crippen LogP contribution in [0.2, 0.25) is 0 Å². The van der Waals surface area contributed by atoms with Gasteiger partial charge in [0, 0.05) is 6.26 Å². The summed E-state index contributed by atoms with van der Waals surface area (Å²) >= 11 is 1.11. The molecule has 0 atom stereocenters. The number of thiophene rings is 1. The fourth-order valence-corrected chi connectivity index (χ4v) is 4.48. The molecule has 0 radical (unpaired) electrons. The molecule has 1 aromatic heterocycles. The largest absolute Gasteiger partial charge is 0.430 e. The van der Waals surface area contributed by atoms with Gasteiger partial charge in [-0.2, -0.15) is 13.2 Å². The molecule has 37 heavy (non-hydrogen) atoms. The van der Waals surface area contributed by atoms with Crippen molar-refractivity contribution in [2.24, 2.45) is 16.1 Å². The van der Waals surface area contributed by atoms with Crippen LogP contribution in [0.15, 0.2) is 81.6 Å². The molecule has 2 N–H and O–H groups in total. The number of hydrogen-bond acceptors (Lipinski definition) is 7. The van der Waals surface area contributed by atoms with Crippen LogP contribution >= 0.6 is 11.3 Å². The summed E-state index contributed by atoms with van der Waals surface area (Å²) in [6.07, 6.45) is -2.99. The van der Waals surface area contributed by atoms with Crippen molar-refractivity contribution in [2.75, 3.05) is 6.26 Å². The molecule has 6 nitrogen and oxygen atoms in total. The summed E-state index contributed by atoms with van der Waals surface area (Å²) in [6, 6.07) is 14.0. The summed E-state index contributed by atoms with van der Waals surface area (Å²) < 4.78 is 69.2. The Morgan fingerprint density at radius 2 is 1.70 bits per heavy atom. The zero-order valence-corrected chi connectivity index (χ0v) is 22.1. The van der Waals surface area contributed by atoms with Crippen molar-refractivity contribution in [3.05, 3.63) is 76.6 Å². The van der Waals surface area contributed by atoms with Crippen LogP contribution < -0.4 is 10.5 Å². The number of ether oxygens (including phenoxy) is 1. The van der Waals surface area contributed by atoms with Gasteiger partial charge in [-0.15, -0.1) is 11.3 Å². The van der Waals surface area contributed by atoms with Crippen LogP contribution in [0.3, 0.4) is 0 Å². The van der Waals surface area contributed by atoms with Crippen molar-refractivity contribution in [2.45, 2.75) is 31.8 Å². The van der Waals surface area contributed by atoms with Gasteiger partial charge in [-0.25, -0.2) is 13.4 Å². The number of nitrogens with two attached hydrogens (primary N) is 1. The van der Waals surface area contributed by atoms with Crippen molar-refractivity contribution in [1.82, 2.24) is 0 Å². The second-order valence-electron chi connectivity index (χ2n) is 9.20. The first kappa shape index (κ1) is 28.1. The Balaban J connectivity index is 2.12. The van der Waals surface area contributed by atoms with E-state index in [1.54, 1.807) is 56.5 Å². The van der Waals surface area contributed by atoms with E-state index < -0.39 is 33.1 Å². The Hall–Kier alpha value is -3.44. The number of carbonyl (C=O) groups excluding carboxylic acids is 1. The van der Waals surface area contributed by atoms with E-state index in [0.717, 1.165) is 17.6 Å². The van der Waals surface area contributed by atoms with Gasteiger partial charge in [0.15, 0.2) is 15.6 Å². The molecule has 0 saturated carbocycles. The van der Waals surface area contributed by atoms with Crippen molar-refractivity contribution in [3.63, 3.8) is 0 Å². The van der Waals surface area contributed by atoms with Crippen LogP contribution in [0.25, 0.3) is 11.1 Å². The maximum Gasteiger partial charge on any atom is 0.430 e. The van der Waals surface area contributed by atoms with E-state index >= 15 is 0 Å². The number of hydrogen-bond donors (Lipinski definition) is 1. The highest BCUT2D eigenvalue weighted by atomic mass is 32.2. The van der Waals surface area contributed by atoms with Gasteiger partial charge >= 0.3 is 12.1 Å². The van der Waals surface area contributed by atoms with Gasteiger partial charge in [-0.1, -0.05) is 24.3 Å². The molecule has 2 aromatic carbocycles. The van der Waals surface area contributed by atoms with E-state index in [0.29, 0.717) is 22.1 Å². The van der Waals surface area contributed by atoms with Gasteiger partial charge in [0.25, 0.3) is 0 Å². The number of benzene rings is 2. The minimum atomic E-state index is -4.79. The zero-order valence-electron chi connectivity index (χ0n) is 20.5. The number of carbonyl (C=O) groups is 1. The number of sulfone groups is 1. The van der Waals surface area contributed by atoms with Gasteiger partial charge in [-0.3, -0.25) is 4.79 Å². The molecule has 0 saturated heterocycles. The van der Waals surface area contributed by atoms with Crippen molar-refractivity contribution < 1.29 is 31.1 Å². The maximum atomic E-state index is 13.3. The third-order valence-electron chi connectivity index (χ3n) is 4.99. The normalized spacial score (nSPS) is 13.5. The smallest absolute Gasteiger partial charge is 0.424 e. The van der Waals surface area contributed by atoms with Gasteiger partial charge in [0.2, 0.25) is 0 Å². The molecule has 1 heterocycles. The predicted molar refractivity (Wildman–Crippen MR) is 139 cm³/mol. The summed E-state index contributed by atoms with van der Waals surface area (Å²) in [5.74, 6) is -0.456. The number of alkyl halides is 3. The Labute approximate surface area is 217 Å². The Morgan fingerprint density at radius 1 is 1.03 bits per heavy atom. The van der Waals surface area contributed by atoms with Crippen molar-refractivity contribution in [3.8, 4) is 16.9 Å². The Kier molecular flexibility index (Phi) is 7.99. The van der Waals surface area contributed by atoms with Gasteiger partial charge < -0.3 is 10.5 Å².